The fourth-order valence-electron chi connectivity index (χ4n) is 2.72. The van der Waals surface area contributed by atoms with E-state index in [1.54, 1.807) is 12.1 Å². The molecule has 2 aromatic rings. The maximum Gasteiger partial charge on any atom is 0.280 e. The van der Waals surface area contributed by atoms with Crippen molar-refractivity contribution in [2.45, 2.75) is 20.8 Å². The number of carbonyl (C=O) groups excluding carboxylic acids is 1. The second-order valence-electron chi connectivity index (χ2n) is 6.40. The van der Waals surface area contributed by atoms with Crippen LogP contribution in [0.3, 0.4) is 0 Å². The second-order valence-corrected chi connectivity index (χ2v) is 6.40. The number of phenolic OH excluding ortho intramolecular Hbond substituents is 2. The summed E-state index contributed by atoms with van der Waals surface area (Å²) in [5.41, 5.74) is 3.58. The molecule has 1 aliphatic rings. The van der Waals surface area contributed by atoms with Crippen LogP contribution in [0.4, 0.5) is 5.69 Å². The quantitative estimate of drug-likeness (QED) is 0.660. The number of aryl methyl sites for hydroxylation is 1. The number of anilines is 1. The van der Waals surface area contributed by atoms with Crippen molar-refractivity contribution in [2.75, 3.05) is 5.01 Å². The van der Waals surface area contributed by atoms with Gasteiger partial charge in [-0.2, -0.15) is 10.1 Å². The van der Waals surface area contributed by atoms with E-state index >= 15 is 0 Å². The van der Waals surface area contributed by atoms with Crippen LogP contribution < -0.4 is 5.01 Å². The number of nitrogens with zero attached hydrogens (tertiary/aromatic N) is 2. The molecule has 2 N–H and O–H groups in total. The average molecular weight is 336 g/mol. The third kappa shape index (κ3) is 3.26. The lowest BCUT2D eigenvalue weighted by Crippen LogP contribution is -2.21. The Morgan fingerprint density at radius 1 is 1.08 bits per heavy atom. The number of rotatable bonds is 3. The van der Waals surface area contributed by atoms with Gasteiger partial charge in [-0.1, -0.05) is 32.0 Å². The van der Waals surface area contributed by atoms with Gasteiger partial charge >= 0.3 is 0 Å². The van der Waals surface area contributed by atoms with Crippen LogP contribution in [0.2, 0.25) is 0 Å². The van der Waals surface area contributed by atoms with Gasteiger partial charge in [0, 0.05) is 0 Å². The van der Waals surface area contributed by atoms with Gasteiger partial charge < -0.3 is 10.2 Å². The first-order valence-electron chi connectivity index (χ1n) is 8.10. The highest BCUT2D eigenvalue weighted by atomic mass is 16.3. The predicted molar refractivity (Wildman–Crippen MR) is 98.7 cm³/mol. The standard InChI is InChI=1S/C20H20N2O3/c1-12(2)19-16(10-14-7-8-17(23)18(24)11-14)20(25)22(21-19)15-6-4-5-13(3)9-15/h4-12,23-24H,1-3H3/b16-10+. The number of hydrogen-bond donors (Lipinski definition) is 2. The number of hydrogen-bond acceptors (Lipinski definition) is 4. The van der Waals surface area contributed by atoms with Crippen molar-refractivity contribution < 1.29 is 15.0 Å². The van der Waals surface area contributed by atoms with Crippen LogP contribution in [0.1, 0.15) is 25.0 Å². The molecule has 0 aromatic heterocycles. The molecule has 25 heavy (non-hydrogen) atoms. The van der Waals surface area contributed by atoms with E-state index < -0.39 is 0 Å². The summed E-state index contributed by atoms with van der Waals surface area (Å²) in [5, 5.41) is 25.0. The van der Waals surface area contributed by atoms with Crippen LogP contribution in [-0.2, 0) is 4.79 Å². The molecule has 5 heteroatoms. The van der Waals surface area contributed by atoms with Gasteiger partial charge in [0.2, 0.25) is 0 Å². The molecule has 0 saturated heterocycles. The lowest BCUT2D eigenvalue weighted by Gasteiger charge is -2.12. The maximum atomic E-state index is 12.9. The smallest absolute Gasteiger partial charge is 0.280 e. The Balaban J connectivity index is 2.04. The Kier molecular flexibility index (Phi) is 4.31. The molecule has 0 bridgehead atoms. The maximum absolute atomic E-state index is 12.9. The van der Waals surface area contributed by atoms with Crippen molar-refractivity contribution >= 4 is 23.4 Å². The molecule has 128 valence electrons. The minimum atomic E-state index is -0.224. The highest BCUT2D eigenvalue weighted by molar-refractivity contribution is 6.33. The van der Waals surface area contributed by atoms with Crippen molar-refractivity contribution in [3.8, 4) is 11.5 Å². The summed E-state index contributed by atoms with van der Waals surface area (Å²) in [7, 11) is 0. The number of benzene rings is 2. The lowest BCUT2D eigenvalue weighted by atomic mass is 9.98. The fraction of sp³-hybridized carbons (Fsp3) is 0.200. The Bertz CT molecular complexity index is 898. The fourth-order valence-corrected chi connectivity index (χ4v) is 2.72. The second kappa shape index (κ2) is 6.43. The van der Waals surface area contributed by atoms with Crippen LogP contribution in [0.25, 0.3) is 6.08 Å². The molecule has 0 atom stereocenters. The number of phenols is 2. The first-order valence-corrected chi connectivity index (χ1v) is 8.10. The highest BCUT2D eigenvalue weighted by Crippen LogP contribution is 2.30. The van der Waals surface area contributed by atoms with Crippen LogP contribution in [0.5, 0.6) is 11.5 Å². The molecule has 1 heterocycles. The zero-order valence-electron chi connectivity index (χ0n) is 14.4. The first-order chi connectivity index (χ1) is 11.9. The topological polar surface area (TPSA) is 73.1 Å². The summed E-state index contributed by atoms with van der Waals surface area (Å²) >= 11 is 0. The summed E-state index contributed by atoms with van der Waals surface area (Å²) < 4.78 is 0. The molecule has 0 radical (unpaired) electrons. The molecule has 1 aliphatic heterocycles. The Labute approximate surface area is 146 Å². The largest absolute Gasteiger partial charge is 0.504 e. The van der Waals surface area contributed by atoms with Gasteiger partial charge in [-0.3, -0.25) is 4.79 Å². The van der Waals surface area contributed by atoms with Gasteiger partial charge in [0.25, 0.3) is 5.91 Å². The van der Waals surface area contributed by atoms with Crippen LogP contribution in [0.15, 0.2) is 53.1 Å². The van der Waals surface area contributed by atoms with E-state index in [0.29, 0.717) is 16.8 Å². The van der Waals surface area contributed by atoms with E-state index in [0.717, 1.165) is 11.3 Å². The summed E-state index contributed by atoms with van der Waals surface area (Å²) in [6, 6.07) is 12.1. The first kappa shape index (κ1) is 16.8. The monoisotopic (exact) mass is 336 g/mol. The van der Waals surface area contributed by atoms with E-state index in [9.17, 15) is 15.0 Å². The zero-order chi connectivity index (χ0) is 18.1. The number of aromatic hydroxyl groups is 2. The molecule has 3 rings (SSSR count). The predicted octanol–water partition coefficient (Wildman–Crippen LogP) is 3.85. The Hall–Kier alpha value is -3.08. The van der Waals surface area contributed by atoms with Crippen molar-refractivity contribution in [1.29, 1.82) is 0 Å². The molecule has 0 spiro atoms. The number of amides is 1. The van der Waals surface area contributed by atoms with Gasteiger partial charge in [-0.05, 0) is 54.3 Å². The molecule has 0 unspecified atom stereocenters. The minimum absolute atomic E-state index is 0.0655. The van der Waals surface area contributed by atoms with Crippen molar-refractivity contribution in [2.24, 2.45) is 11.0 Å². The van der Waals surface area contributed by atoms with E-state index in [-0.39, 0.29) is 23.3 Å². The summed E-state index contributed by atoms with van der Waals surface area (Å²) in [5.74, 6) is -0.560. The average Bonchev–Trinajstić information content (AvgIpc) is 2.88. The van der Waals surface area contributed by atoms with Crippen molar-refractivity contribution in [3.63, 3.8) is 0 Å². The molecule has 1 amide bonds. The SMILES string of the molecule is Cc1cccc(N2N=C(C(C)C)/C(=C\c3ccc(O)c(O)c3)C2=O)c1. The van der Waals surface area contributed by atoms with E-state index in [2.05, 4.69) is 5.10 Å². The molecule has 0 saturated carbocycles. The van der Waals surface area contributed by atoms with Gasteiger partial charge in [0.15, 0.2) is 11.5 Å². The zero-order valence-corrected chi connectivity index (χ0v) is 14.4. The summed E-state index contributed by atoms with van der Waals surface area (Å²) in [6.45, 7) is 5.93. The lowest BCUT2D eigenvalue weighted by molar-refractivity contribution is -0.114. The minimum Gasteiger partial charge on any atom is -0.504 e. The van der Waals surface area contributed by atoms with Crippen LogP contribution in [0, 0.1) is 12.8 Å². The van der Waals surface area contributed by atoms with Gasteiger partial charge in [0.1, 0.15) is 0 Å². The van der Waals surface area contributed by atoms with E-state index in [1.165, 1.54) is 17.1 Å². The van der Waals surface area contributed by atoms with Gasteiger partial charge in [-0.15, -0.1) is 0 Å². The van der Waals surface area contributed by atoms with Gasteiger partial charge in [-0.25, -0.2) is 0 Å². The third-order valence-electron chi connectivity index (χ3n) is 4.01. The molecular weight excluding hydrogens is 316 g/mol. The molecule has 0 aliphatic carbocycles. The van der Waals surface area contributed by atoms with Crippen molar-refractivity contribution in [1.82, 2.24) is 0 Å². The van der Waals surface area contributed by atoms with E-state index in [4.69, 9.17) is 0 Å². The normalized spacial score (nSPS) is 16.0. The summed E-state index contributed by atoms with van der Waals surface area (Å²) in [4.78, 5) is 12.9. The van der Waals surface area contributed by atoms with Gasteiger partial charge in [0.05, 0.1) is 17.0 Å². The van der Waals surface area contributed by atoms with E-state index in [1.807, 2.05) is 45.0 Å². The van der Waals surface area contributed by atoms with Crippen LogP contribution >= 0.6 is 0 Å². The van der Waals surface area contributed by atoms with Crippen LogP contribution in [-0.4, -0.2) is 21.8 Å². The highest BCUT2D eigenvalue weighted by Gasteiger charge is 2.32. The molecular formula is C20H20N2O3. The molecule has 0 fully saturated rings. The Morgan fingerprint density at radius 2 is 1.84 bits per heavy atom. The molecule has 5 nitrogen and oxygen atoms in total. The summed E-state index contributed by atoms with van der Waals surface area (Å²) in [6.07, 6.45) is 1.69. The third-order valence-corrected chi connectivity index (χ3v) is 4.01. The molecule has 2 aromatic carbocycles. The Morgan fingerprint density at radius 3 is 2.48 bits per heavy atom. The number of hydrazone groups is 1. The number of carbonyl (C=O) groups is 1. The van der Waals surface area contributed by atoms with Crippen molar-refractivity contribution in [3.05, 3.63) is 59.2 Å².